The summed E-state index contributed by atoms with van der Waals surface area (Å²) < 4.78 is 11.0. The molecule has 2 aromatic rings. The van der Waals surface area contributed by atoms with E-state index in [1.165, 1.54) is 0 Å². The van der Waals surface area contributed by atoms with E-state index in [0.29, 0.717) is 0 Å². The summed E-state index contributed by atoms with van der Waals surface area (Å²) in [6.45, 7) is 6.50. The maximum atomic E-state index is 5.76. The summed E-state index contributed by atoms with van der Waals surface area (Å²) in [5.41, 5.74) is 1.03. The van der Waals surface area contributed by atoms with Gasteiger partial charge in [0.05, 0.1) is 24.6 Å². The molecule has 2 N–H and O–H groups in total. The van der Waals surface area contributed by atoms with Crippen molar-refractivity contribution in [1.29, 1.82) is 0 Å². The third-order valence-electron chi connectivity index (χ3n) is 2.75. The van der Waals surface area contributed by atoms with Crippen LogP contribution in [0.2, 0.25) is 0 Å². The van der Waals surface area contributed by atoms with Gasteiger partial charge in [-0.3, -0.25) is 0 Å². The molecule has 0 saturated heterocycles. The molecule has 4 heteroatoms. The zero-order valence-electron chi connectivity index (χ0n) is 12.1. The number of anilines is 1. The van der Waals surface area contributed by atoms with Crippen molar-refractivity contribution in [1.82, 2.24) is 5.32 Å². The van der Waals surface area contributed by atoms with E-state index in [9.17, 15) is 0 Å². The van der Waals surface area contributed by atoms with E-state index in [0.717, 1.165) is 36.8 Å². The van der Waals surface area contributed by atoms with Gasteiger partial charge in [-0.2, -0.15) is 0 Å². The van der Waals surface area contributed by atoms with Crippen LogP contribution >= 0.6 is 0 Å². The molecule has 108 valence electrons. The zero-order chi connectivity index (χ0) is 14.2. The molecule has 0 atom stereocenters. The number of rotatable bonds is 8. The number of nitrogens with one attached hydrogen (secondary N) is 2. The fraction of sp³-hybridized carbons (Fsp3) is 0.375. The first-order valence-corrected chi connectivity index (χ1v) is 6.98. The molecular weight excluding hydrogens is 252 g/mol. The number of para-hydroxylation sites is 2. The highest BCUT2D eigenvalue weighted by Gasteiger charge is 2.03. The minimum Gasteiger partial charge on any atom is -0.489 e. The van der Waals surface area contributed by atoms with Crippen LogP contribution in [-0.2, 0) is 6.54 Å². The van der Waals surface area contributed by atoms with Gasteiger partial charge in [-0.1, -0.05) is 12.1 Å². The second kappa shape index (κ2) is 7.60. The van der Waals surface area contributed by atoms with Gasteiger partial charge >= 0.3 is 0 Å². The fourth-order valence-electron chi connectivity index (χ4n) is 1.88. The van der Waals surface area contributed by atoms with Gasteiger partial charge in [0.25, 0.3) is 0 Å². The first-order chi connectivity index (χ1) is 9.75. The maximum absolute atomic E-state index is 5.76. The molecule has 0 radical (unpaired) electrons. The lowest BCUT2D eigenvalue weighted by molar-refractivity contribution is 0.243. The van der Waals surface area contributed by atoms with Crippen molar-refractivity contribution in [2.24, 2.45) is 0 Å². The summed E-state index contributed by atoms with van der Waals surface area (Å²) in [6, 6.07) is 11.9. The van der Waals surface area contributed by atoms with Crippen molar-refractivity contribution >= 4 is 5.69 Å². The average Bonchev–Trinajstić information content (AvgIpc) is 2.93. The molecule has 2 rings (SSSR count). The topological polar surface area (TPSA) is 46.4 Å². The van der Waals surface area contributed by atoms with E-state index in [1.54, 1.807) is 6.26 Å². The summed E-state index contributed by atoms with van der Waals surface area (Å²) >= 11 is 0. The third kappa shape index (κ3) is 4.63. The molecule has 0 fully saturated rings. The molecule has 1 aromatic heterocycles. The van der Waals surface area contributed by atoms with Crippen LogP contribution in [0.1, 0.15) is 19.6 Å². The predicted molar refractivity (Wildman–Crippen MR) is 81.1 cm³/mol. The van der Waals surface area contributed by atoms with E-state index in [-0.39, 0.29) is 6.10 Å². The predicted octanol–water partition coefficient (Wildman–Crippen LogP) is 3.27. The van der Waals surface area contributed by atoms with Gasteiger partial charge in [0.1, 0.15) is 11.5 Å². The molecule has 0 amide bonds. The van der Waals surface area contributed by atoms with Gasteiger partial charge in [0.2, 0.25) is 0 Å². The fourth-order valence-corrected chi connectivity index (χ4v) is 1.88. The number of hydrogen-bond acceptors (Lipinski definition) is 4. The van der Waals surface area contributed by atoms with Crippen molar-refractivity contribution in [2.45, 2.75) is 26.5 Å². The van der Waals surface area contributed by atoms with Crippen LogP contribution in [-0.4, -0.2) is 19.2 Å². The summed E-state index contributed by atoms with van der Waals surface area (Å²) in [4.78, 5) is 0. The molecule has 1 heterocycles. The first kappa shape index (κ1) is 14.5. The summed E-state index contributed by atoms with van der Waals surface area (Å²) in [5, 5.41) is 6.70. The number of furan rings is 1. The molecule has 0 unspecified atom stereocenters. The van der Waals surface area contributed by atoms with Gasteiger partial charge in [0.15, 0.2) is 0 Å². The molecule has 0 spiro atoms. The van der Waals surface area contributed by atoms with E-state index in [1.807, 2.05) is 50.2 Å². The molecule has 0 aliphatic carbocycles. The molecular formula is C16H22N2O2. The highest BCUT2D eigenvalue weighted by Crippen LogP contribution is 2.24. The highest BCUT2D eigenvalue weighted by atomic mass is 16.5. The van der Waals surface area contributed by atoms with Crippen LogP contribution < -0.4 is 15.4 Å². The largest absolute Gasteiger partial charge is 0.489 e. The number of benzene rings is 1. The first-order valence-electron chi connectivity index (χ1n) is 6.98. The molecule has 0 saturated carbocycles. The van der Waals surface area contributed by atoms with Crippen LogP contribution in [0.5, 0.6) is 5.75 Å². The zero-order valence-corrected chi connectivity index (χ0v) is 12.1. The monoisotopic (exact) mass is 274 g/mol. The average molecular weight is 274 g/mol. The van der Waals surface area contributed by atoms with Crippen LogP contribution in [0.3, 0.4) is 0 Å². The Bertz CT molecular complexity index is 495. The van der Waals surface area contributed by atoms with E-state index < -0.39 is 0 Å². The standard InChI is InChI=1S/C16H22N2O2/c1-13(2)20-16-8-4-3-7-15(16)18-10-9-17-12-14-6-5-11-19-14/h3-8,11,13,17-18H,9-10,12H2,1-2H3. The Morgan fingerprint density at radius 3 is 2.70 bits per heavy atom. The van der Waals surface area contributed by atoms with Crippen LogP contribution in [0, 0.1) is 0 Å². The van der Waals surface area contributed by atoms with Crippen molar-refractivity contribution in [2.75, 3.05) is 18.4 Å². The Labute approximate surface area is 120 Å². The lowest BCUT2D eigenvalue weighted by Gasteiger charge is -2.15. The van der Waals surface area contributed by atoms with Gasteiger partial charge in [0, 0.05) is 13.1 Å². The van der Waals surface area contributed by atoms with Gasteiger partial charge < -0.3 is 19.8 Å². The Kier molecular flexibility index (Phi) is 5.50. The summed E-state index contributed by atoms with van der Waals surface area (Å²) in [6.07, 6.45) is 1.87. The quantitative estimate of drug-likeness (QED) is 0.725. The van der Waals surface area contributed by atoms with Crippen molar-refractivity contribution in [3.05, 3.63) is 48.4 Å². The van der Waals surface area contributed by atoms with Crippen molar-refractivity contribution < 1.29 is 9.15 Å². The Morgan fingerprint density at radius 2 is 1.95 bits per heavy atom. The smallest absolute Gasteiger partial charge is 0.142 e. The molecule has 4 nitrogen and oxygen atoms in total. The lowest BCUT2D eigenvalue weighted by Crippen LogP contribution is -2.22. The van der Waals surface area contributed by atoms with E-state index in [2.05, 4.69) is 10.6 Å². The van der Waals surface area contributed by atoms with Crippen molar-refractivity contribution in [3.63, 3.8) is 0 Å². The number of hydrogen-bond donors (Lipinski definition) is 2. The van der Waals surface area contributed by atoms with Gasteiger partial charge in [-0.15, -0.1) is 0 Å². The van der Waals surface area contributed by atoms with Crippen molar-refractivity contribution in [3.8, 4) is 5.75 Å². The van der Waals surface area contributed by atoms with Crippen LogP contribution in [0.4, 0.5) is 5.69 Å². The van der Waals surface area contributed by atoms with Gasteiger partial charge in [-0.25, -0.2) is 0 Å². The van der Waals surface area contributed by atoms with Gasteiger partial charge in [-0.05, 0) is 38.1 Å². The minimum absolute atomic E-state index is 0.176. The van der Waals surface area contributed by atoms with Crippen LogP contribution in [0.25, 0.3) is 0 Å². The summed E-state index contributed by atoms with van der Waals surface area (Å²) in [5.74, 6) is 1.85. The molecule has 0 aliphatic heterocycles. The Balaban J connectivity index is 1.73. The molecule has 20 heavy (non-hydrogen) atoms. The molecule has 0 aliphatic rings. The second-order valence-electron chi connectivity index (χ2n) is 4.85. The van der Waals surface area contributed by atoms with E-state index in [4.69, 9.17) is 9.15 Å². The summed E-state index contributed by atoms with van der Waals surface area (Å²) in [7, 11) is 0. The number of ether oxygens (including phenoxy) is 1. The lowest BCUT2D eigenvalue weighted by atomic mass is 10.3. The maximum Gasteiger partial charge on any atom is 0.142 e. The van der Waals surface area contributed by atoms with Crippen LogP contribution in [0.15, 0.2) is 47.1 Å². The van der Waals surface area contributed by atoms with E-state index >= 15 is 0 Å². The molecule has 0 bridgehead atoms. The SMILES string of the molecule is CC(C)Oc1ccccc1NCCNCc1ccco1. The normalized spacial score (nSPS) is 10.8. The molecule has 1 aromatic carbocycles. The minimum atomic E-state index is 0.176. The Hall–Kier alpha value is -1.94. The second-order valence-corrected chi connectivity index (χ2v) is 4.85. The third-order valence-corrected chi connectivity index (χ3v) is 2.75. The Morgan fingerprint density at radius 1 is 1.10 bits per heavy atom. The highest BCUT2D eigenvalue weighted by molar-refractivity contribution is 5.56.